The van der Waals surface area contributed by atoms with Crippen LogP contribution in [0, 0.1) is 23.0 Å². The number of hydrogen-bond donors (Lipinski definition) is 1. The van der Waals surface area contributed by atoms with Crippen molar-refractivity contribution in [1.82, 2.24) is 0 Å². The second-order valence-electron chi connectivity index (χ2n) is 4.60. The molecule has 0 spiro atoms. The number of carboxylic acids is 1. The Morgan fingerprint density at radius 2 is 1.38 bits per heavy atom. The van der Waals surface area contributed by atoms with E-state index in [1.165, 1.54) is 24.3 Å². The molecule has 2 aromatic rings. The van der Waals surface area contributed by atoms with Crippen LogP contribution in [0.4, 0.5) is 8.78 Å². The van der Waals surface area contributed by atoms with Crippen molar-refractivity contribution in [2.24, 2.45) is 0 Å². The van der Waals surface area contributed by atoms with Gasteiger partial charge in [0.1, 0.15) is 17.0 Å². The first kappa shape index (κ1) is 14.7. The van der Waals surface area contributed by atoms with Gasteiger partial charge in [-0.1, -0.05) is 24.3 Å². The fraction of sp³-hybridized carbons (Fsp3) is 0.125. The number of hydrogen-bond acceptors (Lipinski definition) is 2. The second-order valence-corrected chi connectivity index (χ2v) is 4.60. The molecule has 0 aliphatic rings. The molecule has 2 aromatic carbocycles. The Hall–Kier alpha value is -2.74. The van der Waals surface area contributed by atoms with E-state index in [-0.39, 0.29) is 0 Å². The van der Waals surface area contributed by atoms with Crippen LogP contribution in [0.15, 0.2) is 48.5 Å². The zero-order valence-electron chi connectivity index (χ0n) is 10.9. The summed E-state index contributed by atoms with van der Waals surface area (Å²) in [5, 5.41) is 18.7. The summed E-state index contributed by atoms with van der Waals surface area (Å²) in [6, 6.07) is 12.1. The molecule has 106 valence electrons. The monoisotopic (exact) mass is 287 g/mol. The van der Waals surface area contributed by atoms with Gasteiger partial charge in [-0.2, -0.15) is 5.26 Å². The summed E-state index contributed by atoms with van der Waals surface area (Å²) in [4.78, 5) is 11.2. The summed E-state index contributed by atoms with van der Waals surface area (Å²) in [6.07, 6.45) is -0.499. The van der Waals surface area contributed by atoms with Crippen LogP contribution in [-0.2, 0) is 10.2 Å². The van der Waals surface area contributed by atoms with Crippen molar-refractivity contribution in [1.29, 1.82) is 5.26 Å². The van der Waals surface area contributed by atoms with Crippen molar-refractivity contribution in [2.45, 2.75) is 11.8 Å². The SMILES string of the molecule is N#CC(CC(=O)O)(c1ccc(F)cc1)c1ccc(F)cc1. The summed E-state index contributed by atoms with van der Waals surface area (Å²) in [7, 11) is 0. The van der Waals surface area contributed by atoms with E-state index in [0.29, 0.717) is 11.1 Å². The lowest BCUT2D eigenvalue weighted by Crippen LogP contribution is -2.29. The number of carboxylic acid groups (broad SMARTS) is 1. The Morgan fingerprint density at radius 1 is 1.00 bits per heavy atom. The molecular weight excluding hydrogens is 276 g/mol. The van der Waals surface area contributed by atoms with E-state index in [1.54, 1.807) is 0 Å². The third-order valence-corrected chi connectivity index (χ3v) is 3.28. The highest BCUT2D eigenvalue weighted by Crippen LogP contribution is 2.35. The molecule has 0 fully saturated rings. The molecule has 21 heavy (non-hydrogen) atoms. The number of aliphatic carboxylic acids is 1. The van der Waals surface area contributed by atoms with Gasteiger partial charge in [0.15, 0.2) is 0 Å². The molecule has 5 heteroatoms. The molecule has 0 heterocycles. The van der Waals surface area contributed by atoms with Crippen molar-refractivity contribution in [3.63, 3.8) is 0 Å². The largest absolute Gasteiger partial charge is 0.481 e. The maximum absolute atomic E-state index is 13.0. The predicted molar refractivity (Wildman–Crippen MR) is 71.4 cm³/mol. The zero-order chi connectivity index (χ0) is 15.5. The Kier molecular flexibility index (Phi) is 3.99. The van der Waals surface area contributed by atoms with E-state index in [9.17, 15) is 18.8 Å². The van der Waals surface area contributed by atoms with Crippen LogP contribution >= 0.6 is 0 Å². The van der Waals surface area contributed by atoms with Crippen LogP contribution in [0.2, 0.25) is 0 Å². The highest BCUT2D eigenvalue weighted by molar-refractivity contribution is 5.72. The molecule has 0 aliphatic carbocycles. The average molecular weight is 287 g/mol. The lowest BCUT2D eigenvalue weighted by atomic mass is 9.73. The molecule has 0 saturated carbocycles. The zero-order valence-corrected chi connectivity index (χ0v) is 10.9. The van der Waals surface area contributed by atoms with Crippen LogP contribution in [0.1, 0.15) is 17.5 Å². The quantitative estimate of drug-likeness (QED) is 0.939. The van der Waals surface area contributed by atoms with Gasteiger partial charge in [0, 0.05) is 0 Å². The van der Waals surface area contributed by atoms with Gasteiger partial charge < -0.3 is 5.11 Å². The van der Waals surface area contributed by atoms with E-state index in [2.05, 4.69) is 0 Å². The van der Waals surface area contributed by atoms with Gasteiger partial charge in [-0.25, -0.2) is 8.78 Å². The third kappa shape index (κ3) is 2.90. The first-order chi connectivity index (χ1) is 9.98. The van der Waals surface area contributed by atoms with E-state index < -0.39 is 29.4 Å². The van der Waals surface area contributed by atoms with Gasteiger partial charge in [-0.3, -0.25) is 4.79 Å². The van der Waals surface area contributed by atoms with Crippen molar-refractivity contribution in [3.8, 4) is 6.07 Å². The Balaban J connectivity index is 2.63. The molecule has 0 radical (unpaired) electrons. The Labute approximate surface area is 120 Å². The summed E-state index contributed by atoms with van der Waals surface area (Å²) < 4.78 is 26.1. The summed E-state index contributed by atoms with van der Waals surface area (Å²) >= 11 is 0. The fourth-order valence-electron chi connectivity index (χ4n) is 2.24. The number of nitriles is 1. The summed E-state index contributed by atoms with van der Waals surface area (Å²) in [5.41, 5.74) is -0.798. The van der Waals surface area contributed by atoms with Gasteiger partial charge in [-0.15, -0.1) is 0 Å². The van der Waals surface area contributed by atoms with Crippen molar-refractivity contribution in [3.05, 3.63) is 71.3 Å². The fourth-order valence-corrected chi connectivity index (χ4v) is 2.24. The molecule has 0 bridgehead atoms. The third-order valence-electron chi connectivity index (χ3n) is 3.28. The minimum Gasteiger partial charge on any atom is -0.481 e. The van der Waals surface area contributed by atoms with Gasteiger partial charge in [0.25, 0.3) is 0 Å². The molecule has 2 rings (SSSR count). The van der Waals surface area contributed by atoms with Gasteiger partial charge in [0.05, 0.1) is 12.5 Å². The minimum absolute atomic E-state index is 0.348. The highest BCUT2D eigenvalue weighted by atomic mass is 19.1. The van der Waals surface area contributed by atoms with Crippen LogP contribution < -0.4 is 0 Å². The minimum atomic E-state index is -1.49. The highest BCUT2D eigenvalue weighted by Gasteiger charge is 2.37. The Bertz CT molecular complexity index is 642. The molecule has 0 atom stereocenters. The maximum atomic E-state index is 13.0. The lowest BCUT2D eigenvalue weighted by molar-refractivity contribution is -0.137. The van der Waals surface area contributed by atoms with E-state index in [0.717, 1.165) is 24.3 Å². The molecule has 0 amide bonds. The molecule has 3 nitrogen and oxygen atoms in total. The van der Waals surface area contributed by atoms with E-state index in [1.807, 2.05) is 6.07 Å². The standard InChI is InChI=1S/C16H11F2NO2/c17-13-5-1-11(2-6-13)16(10-19,9-15(20)21)12-3-7-14(18)8-4-12/h1-8H,9H2,(H,20,21). The number of carbonyl (C=O) groups is 1. The summed E-state index contributed by atoms with van der Waals surface area (Å²) in [5.74, 6) is -2.15. The van der Waals surface area contributed by atoms with Crippen LogP contribution in [-0.4, -0.2) is 11.1 Å². The number of halogens is 2. The molecular formula is C16H11F2NO2. The second kappa shape index (κ2) is 5.71. The van der Waals surface area contributed by atoms with Gasteiger partial charge in [-0.05, 0) is 35.4 Å². The van der Waals surface area contributed by atoms with Crippen molar-refractivity contribution >= 4 is 5.97 Å². The first-order valence-corrected chi connectivity index (χ1v) is 6.13. The van der Waals surface area contributed by atoms with Gasteiger partial charge >= 0.3 is 5.97 Å². The molecule has 0 aliphatic heterocycles. The summed E-state index contributed by atoms with van der Waals surface area (Å²) in [6.45, 7) is 0. The lowest BCUT2D eigenvalue weighted by Gasteiger charge is -2.26. The Morgan fingerprint density at radius 3 is 1.67 bits per heavy atom. The normalized spacial score (nSPS) is 10.9. The van der Waals surface area contributed by atoms with E-state index in [4.69, 9.17) is 5.11 Å². The predicted octanol–water partition coefficient (Wildman–Crippen LogP) is 3.25. The first-order valence-electron chi connectivity index (χ1n) is 6.13. The number of rotatable bonds is 4. The van der Waals surface area contributed by atoms with Crippen LogP contribution in [0.25, 0.3) is 0 Å². The van der Waals surface area contributed by atoms with Gasteiger partial charge in [0.2, 0.25) is 0 Å². The maximum Gasteiger partial charge on any atom is 0.305 e. The van der Waals surface area contributed by atoms with Crippen molar-refractivity contribution in [2.75, 3.05) is 0 Å². The molecule has 1 N–H and O–H groups in total. The average Bonchev–Trinajstić information content (AvgIpc) is 2.46. The number of benzene rings is 2. The van der Waals surface area contributed by atoms with Crippen LogP contribution in [0.3, 0.4) is 0 Å². The number of nitrogens with zero attached hydrogens (tertiary/aromatic N) is 1. The van der Waals surface area contributed by atoms with Crippen LogP contribution in [0.5, 0.6) is 0 Å². The van der Waals surface area contributed by atoms with Crippen molar-refractivity contribution < 1.29 is 18.7 Å². The topological polar surface area (TPSA) is 61.1 Å². The smallest absolute Gasteiger partial charge is 0.305 e. The molecule has 0 saturated heterocycles. The molecule has 0 unspecified atom stereocenters. The van der Waals surface area contributed by atoms with E-state index >= 15 is 0 Å². The molecule has 0 aromatic heterocycles.